The van der Waals surface area contributed by atoms with Crippen molar-refractivity contribution in [2.45, 2.75) is 40.5 Å². The molecule has 0 amide bonds. The molecule has 96 valence electrons. The predicted molar refractivity (Wildman–Crippen MR) is 63.3 cm³/mol. The van der Waals surface area contributed by atoms with Gasteiger partial charge in [0.2, 0.25) is 0 Å². The largest absolute Gasteiger partial charge is 0.466 e. The molecule has 0 heterocycles. The zero-order chi connectivity index (χ0) is 13.0. The maximum Gasteiger partial charge on any atom is 0.302 e. The molecule has 0 aromatic heterocycles. The van der Waals surface area contributed by atoms with E-state index in [0.29, 0.717) is 19.1 Å². The maximum absolute atomic E-state index is 10.3. The number of Topliss-reactive ketones (excluding diaryl/α,β-unsaturated/α-hetero) is 1. The van der Waals surface area contributed by atoms with Crippen molar-refractivity contribution >= 4 is 11.8 Å². The van der Waals surface area contributed by atoms with Gasteiger partial charge in [0, 0.05) is 33.5 Å². The highest BCUT2D eigenvalue weighted by atomic mass is 16.5. The number of carbonyl (C=O) groups excluding carboxylic acids is 2. The normalized spacial score (nSPS) is 9.38. The van der Waals surface area contributed by atoms with Crippen molar-refractivity contribution in [1.82, 2.24) is 0 Å². The highest BCUT2D eigenvalue weighted by molar-refractivity contribution is 5.75. The summed E-state index contributed by atoms with van der Waals surface area (Å²) >= 11 is 0. The van der Waals surface area contributed by atoms with Gasteiger partial charge in [-0.05, 0) is 12.8 Å². The van der Waals surface area contributed by atoms with Crippen LogP contribution in [0, 0.1) is 5.92 Å². The molecule has 0 N–H and O–H groups in total. The Balaban J connectivity index is 0. The molecule has 16 heavy (non-hydrogen) atoms. The second-order valence-electron chi connectivity index (χ2n) is 3.99. The summed E-state index contributed by atoms with van der Waals surface area (Å²) in [5.41, 5.74) is 0. The molecule has 0 fully saturated rings. The summed E-state index contributed by atoms with van der Waals surface area (Å²) in [4.78, 5) is 20.4. The van der Waals surface area contributed by atoms with Gasteiger partial charge < -0.3 is 14.3 Å². The van der Waals surface area contributed by atoms with Gasteiger partial charge in [0.25, 0.3) is 0 Å². The van der Waals surface area contributed by atoms with Crippen molar-refractivity contribution < 1.29 is 19.1 Å². The predicted octanol–water partition coefficient (Wildman–Crippen LogP) is 2.21. The van der Waals surface area contributed by atoms with E-state index in [4.69, 9.17) is 4.74 Å². The van der Waals surface area contributed by atoms with Crippen molar-refractivity contribution in [1.29, 1.82) is 0 Å². The molecule has 0 spiro atoms. The number of carbonyl (C=O) groups is 2. The molecule has 0 aliphatic carbocycles. The van der Waals surface area contributed by atoms with E-state index in [1.807, 2.05) is 13.8 Å². The molecule has 0 aromatic rings. The first kappa shape index (κ1) is 17.5. The summed E-state index contributed by atoms with van der Waals surface area (Å²) in [6.07, 6.45) is 1.50. The maximum atomic E-state index is 10.3. The second-order valence-corrected chi connectivity index (χ2v) is 3.99. The summed E-state index contributed by atoms with van der Waals surface area (Å²) in [5, 5.41) is 0. The molecule has 4 nitrogen and oxygen atoms in total. The van der Waals surface area contributed by atoms with E-state index in [1.54, 1.807) is 14.0 Å². The first-order chi connectivity index (χ1) is 7.40. The summed E-state index contributed by atoms with van der Waals surface area (Å²) in [7, 11) is 1.62. The number of ether oxygens (including phenoxy) is 2. The van der Waals surface area contributed by atoms with E-state index in [9.17, 15) is 9.59 Å². The fourth-order valence-electron chi connectivity index (χ4n) is 0.994. The lowest BCUT2D eigenvalue weighted by Gasteiger charge is -1.98. The monoisotopic (exact) mass is 232 g/mol. The van der Waals surface area contributed by atoms with Crippen LogP contribution in [0.15, 0.2) is 0 Å². The van der Waals surface area contributed by atoms with Crippen LogP contribution in [0.4, 0.5) is 0 Å². The van der Waals surface area contributed by atoms with Crippen LogP contribution >= 0.6 is 0 Å². The highest BCUT2D eigenvalue weighted by Crippen LogP contribution is 1.97. The molecule has 0 radical (unpaired) electrons. The topological polar surface area (TPSA) is 52.6 Å². The molecule has 0 aliphatic heterocycles. The molecule has 0 unspecified atom stereocenters. The zero-order valence-corrected chi connectivity index (χ0v) is 11.0. The molecule has 0 bridgehead atoms. The smallest absolute Gasteiger partial charge is 0.302 e. The molecule has 0 atom stereocenters. The standard InChI is InChI=1S/C6H12O3.C6H12O/c1-6(7)9-5-3-4-8-2;1-5(2)4-6(3)7/h3-5H2,1-2H3;5H,4H2,1-3H3. The lowest BCUT2D eigenvalue weighted by atomic mass is 10.1. The minimum Gasteiger partial charge on any atom is -0.466 e. The van der Waals surface area contributed by atoms with E-state index in [0.717, 1.165) is 12.8 Å². The third-order valence-electron chi connectivity index (χ3n) is 1.49. The summed E-state index contributed by atoms with van der Waals surface area (Å²) in [6.45, 7) is 8.21. The molecular weight excluding hydrogens is 208 g/mol. The van der Waals surface area contributed by atoms with Crippen molar-refractivity contribution in [3.8, 4) is 0 Å². The Bertz CT molecular complexity index is 187. The van der Waals surface area contributed by atoms with Crippen molar-refractivity contribution in [3.05, 3.63) is 0 Å². The first-order valence-electron chi connectivity index (χ1n) is 5.51. The van der Waals surface area contributed by atoms with Gasteiger partial charge in [-0.2, -0.15) is 0 Å². The third-order valence-corrected chi connectivity index (χ3v) is 1.49. The van der Waals surface area contributed by atoms with E-state index in [2.05, 4.69) is 4.74 Å². The Hall–Kier alpha value is -0.900. The van der Waals surface area contributed by atoms with Crippen molar-refractivity contribution in [2.24, 2.45) is 5.92 Å². The van der Waals surface area contributed by atoms with Gasteiger partial charge in [0.1, 0.15) is 5.78 Å². The number of rotatable bonds is 6. The number of esters is 1. The highest BCUT2D eigenvalue weighted by Gasteiger charge is 1.95. The van der Waals surface area contributed by atoms with Crippen LogP contribution in [0.3, 0.4) is 0 Å². The second kappa shape index (κ2) is 12.2. The van der Waals surface area contributed by atoms with E-state index < -0.39 is 0 Å². The summed E-state index contributed by atoms with van der Waals surface area (Å²) < 4.78 is 9.36. The van der Waals surface area contributed by atoms with E-state index >= 15 is 0 Å². The first-order valence-corrected chi connectivity index (χ1v) is 5.51. The Labute approximate surface area is 98.3 Å². The molecule has 0 aliphatic rings. The molecule has 0 saturated heterocycles. The lowest BCUT2D eigenvalue weighted by molar-refractivity contribution is -0.141. The van der Waals surface area contributed by atoms with Crippen LogP contribution in [0.5, 0.6) is 0 Å². The average molecular weight is 232 g/mol. The summed E-state index contributed by atoms with van der Waals surface area (Å²) in [5.74, 6) is 0.582. The van der Waals surface area contributed by atoms with Gasteiger partial charge in [-0.3, -0.25) is 4.79 Å². The minimum absolute atomic E-state index is 0.230. The fourth-order valence-corrected chi connectivity index (χ4v) is 0.994. The van der Waals surface area contributed by atoms with Crippen LogP contribution in [0.2, 0.25) is 0 Å². The van der Waals surface area contributed by atoms with Crippen molar-refractivity contribution in [2.75, 3.05) is 20.3 Å². The molecule has 0 aromatic carbocycles. The van der Waals surface area contributed by atoms with Gasteiger partial charge >= 0.3 is 5.97 Å². The zero-order valence-electron chi connectivity index (χ0n) is 11.0. The average Bonchev–Trinajstić information content (AvgIpc) is 2.11. The Kier molecular flexibility index (Phi) is 13.3. The number of hydrogen-bond donors (Lipinski definition) is 0. The van der Waals surface area contributed by atoms with Crippen LogP contribution in [0.1, 0.15) is 40.5 Å². The van der Waals surface area contributed by atoms with Gasteiger partial charge in [-0.1, -0.05) is 13.8 Å². The Morgan fingerprint density at radius 1 is 1.12 bits per heavy atom. The van der Waals surface area contributed by atoms with E-state index in [1.165, 1.54) is 6.92 Å². The number of ketones is 1. The SMILES string of the molecule is CC(=O)CC(C)C.COCCCOC(C)=O. The Morgan fingerprint density at radius 3 is 1.94 bits per heavy atom. The Morgan fingerprint density at radius 2 is 1.69 bits per heavy atom. The molecular formula is C12H24O4. The molecule has 4 heteroatoms. The van der Waals surface area contributed by atoms with Crippen LogP contribution in [0.25, 0.3) is 0 Å². The van der Waals surface area contributed by atoms with Crippen LogP contribution < -0.4 is 0 Å². The lowest BCUT2D eigenvalue weighted by Crippen LogP contribution is -2.02. The fraction of sp³-hybridized carbons (Fsp3) is 0.833. The van der Waals surface area contributed by atoms with Gasteiger partial charge in [-0.25, -0.2) is 0 Å². The van der Waals surface area contributed by atoms with Crippen LogP contribution in [-0.2, 0) is 19.1 Å². The van der Waals surface area contributed by atoms with Gasteiger partial charge in [0.05, 0.1) is 6.61 Å². The molecule has 0 rings (SSSR count). The van der Waals surface area contributed by atoms with Crippen molar-refractivity contribution in [3.63, 3.8) is 0 Å². The van der Waals surface area contributed by atoms with E-state index in [-0.39, 0.29) is 11.8 Å². The molecule has 0 saturated carbocycles. The number of hydrogen-bond acceptors (Lipinski definition) is 4. The number of methoxy groups -OCH3 is 1. The quantitative estimate of drug-likeness (QED) is 0.520. The summed E-state index contributed by atoms with van der Waals surface area (Å²) in [6, 6.07) is 0. The minimum atomic E-state index is -0.230. The van der Waals surface area contributed by atoms with Crippen LogP contribution in [-0.4, -0.2) is 32.1 Å². The van der Waals surface area contributed by atoms with Gasteiger partial charge in [0.15, 0.2) is 0 Å². The third kappa shape index (κ3) is 23.2. The van der Waals surface area contributed by atoms with Gasteiger partial charge in [-0.15, -0.1) is 0 Å².